The van der Waals surface area contributed by atoms with Crippen molar-refractivity contribution in [3.63, 3.8) is 0 Å². The second kappa shape index (κ2) is 4.83. The van der Waals surface area contributed by atoms with Crippen LogP contribution in [0, 0.1) is 0 Å². The van der Waals surface area contributed by atoms with Crippen LogP contribution in [0.25, 0.3) is 0 Å². The summed E-state index contributed by atoms with van der Waals surface area (Å²) < 4.78 is 1.19. The predicted octanol–water partition coefficient (Wildman–Crippen LogP) is 0.777. The van der Waals surface area contributed by atoms with Gasteiger partial charge in [0.05, 0.1) is 5.69 Å². The monoisotopic (exact) mass is 224 g/mol. The van der Waals surface area contributed by atoms with E-state index in [1.54, 1.807) is 12.3 Å². The highest BCUT2D eigenvalue weighted by Crippen LogP contribution is 2.12. The summed E-state index contributed by atoms with van der Waals surface area (Å²) in [5, 5.41) is 8.66. The van der Waals surface area contributed by atoms with Gasteiger partial charge in [0.1, 0.15) is 6.54 Å². The molecule has 0 radical (unpaired) electrons. The molecule has 5 heteroatoms. The Morgan fingerprint density at radius 2 is 2.12 bits per heavy atom. The van der Waals surface area contributed by atoms with Crippen LogP contribution < -0.4 is 10.5 Å². The molecule has 0 atom stereocenters. The molecule has 0 aliphatic heterocycles. The summed E-state index contributed by atoms with van der Waals surface area (Å²) in [6.07, 6.45) is 1.57. The van der Waals surface area contributed by atoms with E-state index in [0.29, 0.717) is 0 Å². The number of hydrogen-bond acceptors (Lipinski definition) is 3. The van der Waals surface area contributed by atoms with Crippen LogP contribution in [-0.2, 0) is 11.3 Å². The summed E-state index contributed by atoms with van der Waals surface area (Å²) in [5.41, 5.74) is 0.527. The Hall–Kier alpha value is -1.78. The Balaban J connectivity index is 3.07. The Kier molecular flexibility index (Phi) is 3.71. The van der Waals surface area contributed by atoms with Gasteiger partial charge < -0.3 is 14.6 Å². The number of anilines is 1. The maximum Gasteiger partial charge on any atom is 0.323 e. The van der Waals surface area contributed by atoms with Crippen LogP contribution in [0.15, 0.2) is 23.1 Å². The van der Waals surface area contributed by atoms with E-state index in [9.17, 15) is 9.59 Å². The van der Waals surface area contributed by atoms with Crippen LogP contribution in [0.4, 0.5) is 5.69 Å². The number of carbonyl (C=O) groups is 1. The lowest BCUT2D eigenvalue weighted by atomic mass is 10.3. The van der Waals surface area contributed by atoms with Gasteiger partial charge in [-0.25, -0.2) is 0 Å². The maximum absolute atomic E-state index is 11.4. The molecule has 1 rings (SSSR count). The largest absolute Gasteiger partial charge is 0.480 e. The summed E-state index contributed by atoms with van der Waals surface area (Å²) in [5.74, 6) is -1.02. The minimum atomic E-state index is -1.02. The Morgan fingerprint density at radius 3 is 2.62 bits per heavy atom. The van der Waals surface area contributed by atoms with E-state index in [1.165, 1.54) is 10.6 Å². The molecule has 0 bridgehead atoms. The van der Waals surface area contributed by atoms with Crippen molar-refractivity contribution in [3.8, 4) is 0 Å². The zero-order valence-electron chi connectivity index (χ0n) is 9.67. The summed E-state index contributed by atoms with van der Waals surface area (Å²) >= 11 is 0. The molecule has 88 valence electrons. The number of hydrogen-bond donors (Lipinski definition) is 1. The standard InChI is InChI=1S/C11H16N2O3/c1-8(2)12(3)9-4-5-10(14)13(6-9)7-11(15)16/h4-6,8H,7H2,1-3H3,(H,15,16). The van der Waals surface area contributed by atoms with Gasteiger partial charge in [0.2, 0.25) is 0 Å². The second-order valence-corrected chi connectivity index (χ2v) is 3.95. The van der Waals surface area contributed by atoms with E-state index in [1.807, 2.05) is 25.8 Å². The van der Waals surface area contributed by atoms with E-state index >= 15 is 0 Å². The molecule has 16 heavy (non-hydrogen) atoms. The first-order valence-corrected chi connectivity index (χ1v) is 5.07. The Morgan fingerprint density at radius 1 is 1.50 bits per heavy atom. The van der Waals surface area contributed by atoms with E-state index in [4.69, 9.17) is 5.11 Å². The lowest BCUT2D eigenvalue weighted by Gasteiger charge is -2.24. The van der Waals surface area contributed by atoms with Gasteiger partial charge in [-0.15, -0.1) is 0 Å². The van der Waals surface area contributed by atoms with Crippen molar-refractivity contribution in [3.05, 3.63) is 28.7 Å². The fourth-order valence-electron chi connectivity index (χ4n) is 1.29. The van der Waals surface area contributed by atoms with Gasteiger partial charge in [0.25, 0.3) is 5.56 Å². The highest BCUT2D eigenvalue weighted by molar-refractivity contribution is 5.66. The van der Waals surface area contributed by atoms with Gasteiger partial charge in [0.15, 0.2) is 0 Å². The van der Waals surface area contributed by atoms with E-state index in [-0.39, 0.29) is 18.1 Å². The quantitative estimate of drug-likeness (QED) is 0.820. The third kappa shape index (κ3) is 2.85. The van der Waals surface area contributed by atoms with Crippen LogP contribution in [0.5, 0.6) is 0 Å². The number of aliphatic carboxylic acids is 1. The summed E-state index contributed by atoms with van der Waals surface area (Å²) in [4.78, 5) is 23.9. The average molecular weight is 224 g/mol. The van der Waals surface area contributed by atoms with Gasteiger partial charge >= 0.3 is 5.97 Å². The zero-order chi connectivity index (χ0) is 12.3. The molecule has 0 fully saturated rings. The molecule has 0 unspecified atom stereocenters. The van der Waals surface area contributed by atoms with Crippen molar-refractivity contribution in [2.24, 2.45) is 0 Å². The number of carboxylic acids is 1. The number of aromatic nitrogens is 1. The number of pyridine rings is 1. The molecule has 0 aliphatic carbocycles. The van der Waals surface area contributed by atoms with Crippen LogP contribution >= 0.6 is 0 Å². The fourth-order valence-corrected chi connectivity index (χ4v) is 1.29. The molecule has 0 saturated heterocycles. The molecule has 0 spiro atoms. The predicted molar refractivity (Wildman–Crippen MR) is 61.9 cm³/mol. The van der Waals surface area contributed by atoms with Crippen molar-refractivity contribution in [1.29, 1.82) is 0 Å². The van der Waals surface area contributed by atoms with Gasteiger partial charge in [0, 0.05) is 25.4 Å². The van der Waals surface area contributed by atoms with Crippen molar-refractivity contribution < 1.29 is 9.90 Å². The summed E-state index contributed by atoms with van der Waals surface area (Å²) in [6, 6.07) is 3.37. The first kappa shape index (κ1) is 12.3. The maximum atomic E-state index is 11.4. The molecule has 0 amide bonds. The molecular formula is C11H16N2O3. The van der Waals surface area contributed by atoms with Gasteiger partial charge in [-0.3, -0.25) is 9.59 Å². The van der Waals surface area contributed by atoms with Crippen molar-refractivity contribution in [1.82, 2.24) is 4.57 Å². The molecule has 1 aromatic rings. The van der Waals surface area contributed by atoms with E-state index < -0.39 is 5.97 Å². The first-order chi connectivity index (χ1) is 7.41. The SMILES string of the molecule is CC(C)N(C)c1ccc(=O)n(CC(=O)O)c1. The molecule has 1 aromatic heterocycles. The van der Waals surface area contributed by atoms with Gasteiger partial charge in [-0.05, 0) is 19.9 Å². The third-order valence-electron chi connectivity index (χ3n) is 2.46. The molecule has 0 saturated carbocycles. The van der Waals surface area contributed by atoms with E-state index in [0.717, 1.165) is 5.69 Å². The zero-order valence-corrected chi connectivity index (χ0v) is 9.67. The Bertz CT molecular complexity index is 437. The minimum Gasteiger partial charge on any atom is -0.480 e. The van der Waals surface area contributed by atoms with E-state index in [2.05, 4.69) is 0 Å². The van der Waals surface area contributed by atoms with Crippen molar-refractivity contribution in [2.45, 2.75) is 26.4 Å². The second-order valence-electron chi connectivity index (χ2n) is 3.95. The summed E-state index contributed by atoms with van der Waals surface area (Å²) in [6.45, 7) is 3.73. The minimum absolute atomic E-state index is 0.288. The van der Waals surface area contributed by atoms with Gasteiger partial charge in [-0.2, -0.15) is 0 Å². The van der Waals surface area contributed by atoms with Crippen LogP contribution in [-0.4, -0.2) is 28.7 Å². The third-order valence-corrected chi connectivity index (χ3v) is 2.46. The summed E-state index contributed by atoms with van der Waals surface area (Å²) in [7, 11) is 1.90. The number of nitrogens with zero attached hydrogens (tertiary/aromatic N) is 2. The molecule has 1 N–H and O–H groups in total. The van der Waals surface area contributed by atoms with Crippen LogP contribution in [0.1, 0.15) is 13.8 Å². The smallest absolute Gasteiger partial charge is 0.323 e. The van der Waals surface area contributed by atoms with Gasteiger partial charge in [-0.1, -0.05) is 0 Å². The highest BCUT2D eigenvalue weighted by Gasteiger charge is 2.08. The molecule has 0 aromatic carbocycles. The highest BCUT2D eigenvalue weighted by atomic mass is 16.4. The molecule has 5 nitrogen and oxygen atoms in total. The fraction of sp³-hybridized carbons (Fsp3) is 0.455. The normalized spacial score (nSPS) is 10.5. The number of rotatable bonds is 4. The lowest BCUT2D eigenvalue weighted by molar-refractivity contribution is -0.137. The van der Waals surface area contributed by atoms with Crippen molar-refractivity contribution >= 4 is 11.7 Å². The number of carboxylic acid groups (broad SMARTS) is 1. The van der Waals surface area contributed by atoms with Crippen LogP contribution in [0.2, 0.25) is 0 Å². The topological polar surface area (TPSA) is 62.5 Å². The Labute approximate surface area is 93.9 Å². The molecule has 1 heterocycles. The molecule has 0 aliphatic rings. The first-order valence-electron chi connectivity index (χ1n) is 5.07. The van der Waals surface area contributed by atoms with Crippen molar-refractivity contribution in [2.75, 3.05) is 11.9 Å². The lowest BCUT2D eigenvalue weighted by Crippen LogP contribution is -2.29. The molecular weight excluding hydrogens is 208 g/mol. The van der Waals surface area contributed by atoms with Crippen LogP contribution in [0.3, 0.4) is 0 Å². The average Bonchev–Trinajstić information content (AvgIpc) is 2.19.